The first-order valence-electron chi connectivity index (χ1n) is 9.69. The highest BCUT2D eigenvalue weighted by Crippen LogP contribution is 2.35. The van der Waals surface area contributed by atoms with Gasteiger partial charge in [0.25, 0.3) is 0 Å². The average molecular weight is 388 g/mol. The molecule has 0 fully saturated rings. The lowest BCUT2D eigenvalue weighted by Crippen LogP contribution is -2.41. The van der Waals surface area contributed by atoms with Crippen molar-refractivity contribution < 1.29 is 14.3 Å². The summed E-state index contributed by atoms with van der Waals surface area (Å²) in [5, 5.41) is 0. The van der Waals surface area contributed by atoms with Crippen molar-refractivity contribution in [1.29, 1.82) is 0 Å². The van der Waals surface area contributed by atoms with Gasteiger partial charge in [-0.15, -0.1) is 0 Å². The van der Waals surface area contributed by atoms with E-state index in [0.29, 0.717) is 24.5 Å². The zero-order valence-electron chi connectivity index (χ0n) is 16.7. The molecule has 3 aromatic rings. The molecule has 2 aromatic carbocycles. The summed E-state index contributed by atoms with van der Waals surface area (Å²) in [4.78, 5) is 19.6. The molecule has 0 saturated heterocycles. The van der Waals surface area contributed by atoms with Crippen LogP contribution >= 0.6 is 0 Å². The van der Waals surface area contributed by atoms with E-state index >= 15 is 0 Å². The first-order valence-corrected chi connectivity index (χ1v) is 9.69. The van der Waals surface area contributed by atoms with Gasteiger partial charge in [-0.1, -0.05) is 36.4 Å². The van der Waals surface area contributed by atoms with E-state index in [9.17, 15) is 4.79 Å². The molecule has 0 saturated carbocycles. The Bertz CT molecular complexity index is 1000. The van der Waals surface area contributed by atoms with E-state index in [0.717, 1.165) is 17.5 Å². The van der Waals surface area contributed by atoms with E-state index < -0.39 is 0 Å². The van der Waals surface area contributed by atoms with Crippen LogP contribution in [0.3, 0.4) is 0 Å². The van der Waals surface area contributed by atoms with E-state index in [2.05, 4.69) is 23.2 Å². The highest BCUT2D eigenvalue weighted by molar-refractivity contribution is 5.80. The third kappa shape index (κ3) is 3.81. The fourth-order valence-electron chi connectivity index (χ4n) is 4.00. The van der Waals surface area contributed by atoms with Crippen LogP contribution in [0.15, 0.2) is 67.0 Å². The van der Waals surface area contributed by atoms with Gasteiger partial charge in [-0.2, -0.15) is 0 Å². The van der Waals surface area contributed by atoms with Crippen LogP contribution in [-0.4, -0.2) is 36.6 Å². The minimum atomic E-state index is -0.124. The van der Waals surface area contributed by atoms with Crippen LogP contribution < -0.4 is 9.47 Å². The van der Waals surface area contributed by atoms with Crippen molar-refractivity contribution in [2.24, 2.45) is 0 Å². The van der Waals surface area contributed by atoms with Crippen LogP contribution in [0.4, 0.5) is 0 Å². The minimum Gasteiger partial charge on any atom is -0.493 e. The van der Waals surface area contributed by atoms with Gasteiger partial charge < -0.3 is 14.4 Å². The number of carbonyl (C=O) groups is 1. The summed E-state index contributed by atoms with van der Waals surface area (Å²) in [5.41, 5.74) is 4.39. The molecule has 1 aliphatic heterocycles. The molecule has 0 N–H and O–H groups in total. The molecule has 148 valence electrons. The summed E-state index contributed by atoms with van der Waals surface area (Å²) in [5.74, 6) is 1.37. The Hall–Kier alpha value is -3.34. The van der Waals surface area contributed by atoms with E-state index in [4.69, 9.17) is 9.47 Å². The van der Waals surface area contributed by atoms with Crippen molar-refractivity contribution in [3.63, 3.8) is 0 Å². The Morgan fingerprint density at radius 3 is 2.66 bits per heavy atom. The first kappa shape index (κ1) is 19.0. The van der Waals surface area contributed by atoms with Crippen LogP contribution in [0.1, 0.15) is 28.3 Å². The number of nitrogens with zero attached hydrogens (tertiary/aromatic N) is 2. The van der Waals surface area contributed by atoms with Gasteiger partial charge in [-0.3, -0.25) is 9.78 Å². The molecule has 0 bridgehead atoms. The normalized spacial score (nSPS) is 15.5. The number of carbonyl (C=O) groups excluding carboxylic acids is 1. The van der Waals surface area contributed by atoms with E-state index in [1.807, 2.05) is 47.5 Å². The van der Waals surface area contributed by atoms with Crippen molar-refractivity contribution >= 4 is 5.91 Å². The van der Waals surface area contributed by atoms with Gasteiger partial charge in [0.05, 0.1) is 26.7 Å². The maximum absolute atomic E-state index is 13.3. The molecular formula is C24H24N2O3. The van der Waals surface area contributed by atoms with Crippen LogP contribution in [-0.2, 0) is 17.6 Å². The lowest BCUT2D eigenvalue weighted by atomic mass is 9.88. The maximum Gasteiger partial charge on any atom is 0.227 e. The number of methoxy groups -OCH3 is 2. The fraction of sp³-hybridized carbons (Fsp3) is 0.250. The molecule has 0 radical (unpaired) electrons. The Balaban J connectivity index is 1.65. The molecule has 4 rings (SSSR count). The second kappa shape index (κ2) is 8.35. The summed E-state index contributed by atoms with van der Waals surface area (Å²) >= 11 is 0. The van der Waals surface area contributed by atoms with Gasteiger partial charge in [0.1, 0.15) is 0 Å². The largest absolute Gasteiger partial charge is 0.493 e. The summed E-state index contributed by atoms with van der Waals surface area (Å²) in [6.45, 7) is 0.683. The molecule has 5 nitrogen and oxygen atoms in total. The van der Waals surface area contributed by atoms with Crippen molar-refractivity contribution in [2.45, 2.75) is 18.9 Å². The van der Waals surface area contributed by atoms with Crippen molar-refractivity contribution in [3.05, 3.63) is 89.2 Å². The predicted molar refractivity (Wildman–Crippen MR) is 111 cm³/mol. The minimum absolute atomic E-state index is 0.0839. The number of benzene rings is 2. The van der Waals surface area contributed by atoms with Gasteiger partial charge >= 0.3 is 0 Å². The fourth-order valence-corrected chi connectivity index (χ4v) is 4.00. The monoisotopic (exact) mass is 388 g/mol. The van der Waals surface area contributed by atoms with Gasteiger partial charge in [0, 0.05) is 18.9 Å². The van der Waals surface area contributed by atoms with E-state index in [-0.39, 0.29) is 11.9 Å². The third-order valence-electron chi connectivity index (χ3n) is 5.41. The zero-order chi connectivity index (χ0) is 20.2. The van der Waals surface area contributed by atoms with Crippen molar-refractivity contribution in [3.8, 4) is 11.5 Å². The molecular weight excluding hydrogens is 364 g/mol. The molecule has 1 aliphatic rings. The summed E-state index contributed by atoms with van der Waals surface area (Å²) in [7, 11) is 3.20. The molecule has 29 heavy (non-hydrogen) atoms. The quantitative estimate of drug-likeness (QED) is 0.667. The molecule has 2 heterocycles. The van der Waals surface area contributed by atoms with Crippen molar-refractivity contribution in [1.82, 2.24) is 9.88 Å². The summed E-state index contributed by atoms with van der Waals surface area (Å²) in [6, 6.07) is 17.8. The second-order valence-electron chi connectivity index (χ2n) is 7.09. The molecule has 1 atom stereocenters. The molecule has 1 unspecified atom stereocenters. The van der Waals surface area contributed by atoms with Gasteiger partial charge in [-0.05, 0) is 46.9 Å². The maximum atomic E-state index is 13.3. The number of hydrogen-bond acceptors (Lipinski definition) is 4. The van der Waals surface area contributed by atoms with Gasteiger partial charge in [0.2, 0.25) is 5.91 Å². The number of pyridine rings is 1. The lowest BCUT2D eigenvalue weighted by molar-refractivity contribution is -0.132. The first-order chi connectivity index (χ1) is 14.2. The number of amides is 1. The van der Waals surface area contributed by atoms with Gasteiger partial charge in [-0.25, -0.2) is 0 Å². The van der Waals surface area contributed by atoms with E-state index in [1.165, 1.54) is 11.1 Å². The zero-order valence-corrected chi connectivity index (χ0v) is 16.7. The van der Waals surface area contributed by atoms with Crippen LogP contribution in [0.25, 0.3) is 0 Å². The molecule has 5 heteroatoms. The Morgan fingerprint density at radius 1 is 1.07 bits per heavy atom. The molecule has 0 aliphatic carbocycles. The number of hydrogen-bond donors (Lipinski definition) is 0. The topological polar surface area (TPSA) is 51.7 Å². The number of aromatic nitrogens is 1. The Kier molecular flexibility index (Phi) is 5.47. The SMILES string of the molecule is COc1ccc(CC(=O)N2CCc3ccccc3C2c2cccnc2)cc1OC. The lowest BCUT2D eigenvalue weighted by Gasteiger charge is -2.37. The third-order valence-corrected chi connectivity index (χ3v) is 5.41. The Labute approximate surface area is 170 Å². The predicted octanol–water partition coefficient (Wildman–Crippen LogP) is 3.82. The van der Waals surface area contributed by atoms with E-state index in [1.54, 1.807) is 20.4 Å². The number of rotatable bonds is 5. The Morgan fingerprint density at radius 2 is 1.90 bits per heavy atom. The summed E-state index contributed by atoms with van der Waals surface area (Å²) < 4.78 is 10.7. The standard InChI is InChI=1S/C24H24N2O3/c1-28-21-10-9-17(14-22(21)29-2)15-23(27)26-13-11-18-6-3-4-8-20(18)24(26)19-7-5-12-25-16-19/h3-10,12,14,16,24H,11,13,15H2,1-2H3. The average Bonchev–Trinajstić information content (AvgIpc) is 2.78. The van der Waals surface area contributed by atoms with Crippen LogP contribution in [0.2, 0.25) is 0 Å². The number of fused-ring (bicyclic) bond motifs is 1. The highest BCUT2D eigenvalue weighted by Gasteiger charge is 2.31. The summed E-state index contributed by atoms with van der Waals surface area (Å²) in [6.07, 6.45) is 4.77. The number of ether oxygens (including phenoxy) is 2. The molecule has 1 aromatic heterocycles. The highest BCUT2D eigenvalue weighted by atomic mass is 16.5. The molecule has 0 spiro atoms. The van der Waals surface area contributed by atoms with Crippen LogP contribution in [0.5, 0.6) is 11.5 Å². The second-order valence-corrected chi connectivity index (χ2v) is 7.09. The van der Waals surface area contributed by atoms with Crippen LogP contribution in [0, 0.1) is 0 Å². The molecule has 1 amide bonds. The van der Waals surface area contributed by atoms with Crippen molar-refractivity contribution in [2.75, 3.05) is 20.8 Å². The van der Waals surface area contributed by atoms with Gasteiger partial charge in [0.15, 0.2) is 11.5 Å². The smallest absolute Gasteiger partial charge is 0.227 e.